The smallest absolute Gasteiger partial charge is 0.287 e. The van der Waals surface area contributed by atoms with Crippen LogP contribution in [0.15, 0.2) is 40.8 Å². The average molecular weight is 396 g/mol. The number of hydrogen-bond donors (Lipinski definition) is 1. The first kappa shape index (κ1) is 18.7. The molecule has 4 aliphatic rings. The van der Waals surface area contributed by atoms with E-state index in [1.165, 1.54) is 12.8 Å². The summed E-state index contributed by atoms with van der Waals surface area (Å²) >= 11 is 0. The molecule has 4 aliphatic heterocycles. The highest BCUT2D eigenvalue weighted by Crippen LogP contribution is 2.34. The molecule has 0 aliphatic carbocycles. The Morgan fingerprint density at radius 3 is 2.55 bits per heavy atom. The lowest BCUT2D eigenvalue weighted by atomic mass is 9.79. The Labute approximate surface area is 171 Å². The van der Waals surface area contributed by atoms with Crippen LogP contribution in [0, 0.1) is 5.92 Å². The highest BCUT2D eigenvalue weighted by molar-refractivity contribution is 5.92. The van der Waals surface area contributed by atoms with Crippen molar-refractivity contribution < 1.29 is 13.9 Å². The van der Waals surface area contributed by atoms with E-state index >= 15 is 0 Å². The summed E-state index contributed by atoms with van der Waals surface area (Å²) in [5.41, 5.74) is 2.15. The Kier molecular flexibility index (Phi) is 5.06. The monoisotopic (exact) mass is 395 g/mol. The second kappa shape index (κ2) is 7.84. The maximum absolute atomic E-state index is 12.9. The minimum atomic E-state index is -0.106. The number of carbonyl (C=O) groups is 1. The fraction of sp³-hybridized carbons (Fsp3) is 0.522. The van der Waals surface area contributed by atoms with Crippen molar-refractivity contribution in [1.82, 2.24) is 10.2 Å². The van der Waals surface area contributed by atoms with Crippen LogP contribution < -0.4 is 10.2 Å². The van der Waals surface area contributed by atoms with E-state index in [2.05, 4.69) is 34.2 Å². The lowest BCUT2D eigenvalue weighted by Gasteiger charge is -2.49. The molecular weight excluding hydrogens is 366 g/mol. The van der Waals surface area contributed by atoms with Crippen LogP contribution >= 0.6 is 0 Å². The number of fused-ring (bicyclic) bond motifs is 3. The molecule has 1 aromatic carbocycles. The first-order valence-corrected chi connectivity index (χ1v) is 10.8. The molecule has 2 atom stereocenters. The lowest BCUT2D eigenvalue weighted by Crippen LogP contribution is -2.62. The Balaban J connectivity index is 1.34. The number of hydrogen-bond acceptors (Lipinski definition) is 5. The van der Waals surface area contributed by atoms with Crippen molar-refractivity contribution in [3.8, 4) is 11.3 Å². The van der Waals surface area contributed by atoms with E-state index in [0.717, 1.165) is 56.4 Å². The largest absolute Gasteiger partial charge is 0.451 e. The summed E-state index contributed by atoms with van der Waals surface area (Å²) in [5, 5.41) is 3.26. The molecule has 29 heavy (non-hydrogen) atoms. The molecule has 4 saturated heterocycles. The fourth-order valence-corrected chi connectivity index (χ4v) is 5.13. The predicted octanol–water partition coefficient (Wildman–Crippen LogP) is 3.00. The van der Waals surface area contributed by atoms with Crippen LogP contribution in [0.2, 0.25) is 0 Å². The minimum absolute atomic E-state index is 0.106. The van der Waals surface area contributed by atoms with Gasteiger partial charge < -0.3 is 19.4 Å². The minimum Gasteiger partial charge on any atom is -0.451 e. The van der Waals surface area contributed by atoms with Gasteiger partial charge in [-0.15, -0.1) is 0 Å². The Bertz CT molecular complexity index is 864. The van der Waals surface area contributed by atoms with Gasteiger partial charge in [0, 0.05) is 36.4 Å². The van der Waals surface area contributed by atoms with E-state index in [9.17, 15) is 4.79 Å². The van der Waals surface area contributed by atoms with E-state index in [-0.39, 0.29) is 11.9 Å². The summed E-state index contributed by atoms with van der Waals surface area (Å²) < 4.78 is 11.5. The number of ether oxygens (including phenoxy) is 1. The number of carbonyl (C=O) groups excluding carboxylic acids is 1. The molecule has 1 amide bonds. The number of morpholine rings is 1. The van der Waals surface area contributed by atoms with Gasteiger partial charge in [-0.05, 0) is 63.0 Å². The molecule has 2 bridgehead atoms. The van der Waals surface area contributed by atoms with Gasteiger partial charge in [-0.2, -0.15) is 0 Å². The quantitative estimate of drug-likeness (QED) is 0.863. The Morgan fingerprint density at radius 2 is 1.79 bits per heavy atom. The number of benzene rings is 1. The van der Waals surface area contributed by atoms with Gasteiger partial charge in [-0.1, -0.05) is 12.1 Å². The van der Waals surface area contributed by atoms with Crippen molar-refractivity contribution in [2.45, 2.75) is 31.8 Å². The average Bonchev–Trinajstić information content (AvgIpc) is 3.27. The first-order chi connectivity index (χ1) is 14.2. The first-order valence-electron chi connectivity index (χ1n) is 10.8. The van der Waals surface area contributed by atoms with Crippen LogP contribution in [-0.4, -0.2) is 62.3 Å². The van der Waals surface area contributed by atoms with Gasteiger partial charge in [0.1, 0.15) is 5.76 Å². The highest BCUT2D eigenvalue weighted by atomic mass is 16.5. The van der Waals surface area contributed by atoms with Crippen molar-refractivity contribution >= 4 is 11.6 Å². The zero-order valence-corrected chi connectivity index (χ0v) is 17.0. The standard InChI is InChI=1S/C23H29N3O3/c1-16-22(17-8-10-25(16)11-9-17)24-23(27)21-7-6-20(29-21)18-4-2-3-5-19(18)26-12-14-28-15-13-26/h2-7,16-17,22H,8-15H2,1H3,(H,24,27). The number of amides is 1. The summed E-state index contributed by atoms with van der Waals surface area (Å²) in [6, 6.07) is 12.5. The second-order valence-electron chi connectivity index (χ2n) is 8.39. The van der Waals surface area contributed by atoms with Gasteiger partial charge in [0.05, 0.1) is 13.2 Å². The third kappa shape index (κ3) is 3.55. The van der Waals surface area contributed by atoms with Gasteiger partial charge >= 0.3 is 0 Å². The number of rotatable bonds is 4. The van der Waals surface area contributed by atoms with Crippen molar-refractivity contribution in [2.75, 3.05) is 44.3 Å². The van der Waals surface area contributed by atoms with Gasteiger partial charge in [-0.3, -0.25) is 9.69 Å². The van der Waals surface area contributed by atoms with Crippen LogP contribution in [0.25, 0.3) is 11.3 Å². The molecule has 1 N–H and O–H groups in total. The zero-order valence-electron chi connectivity index (χ0n) is 17.0. The number of nitrogens with one attached hydrogen (secondary N) is 1. The summed E-state index contributed by atoms with van der Waals surface area (Å²) in [5.74, 6) is 1.60. The van der Waals surface area contributed by atoms with E-state index in [0.29, 0.717) is 17.7 Å². The Hall–Kier alpha value is -2.31. The Morgan fingerprint density at radius 1 is 1.03 bits per heavy atom. The van der Waals surface area contributed by atoms with Crippen LogP contribution in [-0.2, 0) is 4.74 Å². The summed E-state index contributed by atoms with van der Waals surface area (Å²) in [4.78, 5) is 17.7. The van der Waals surface area contributed by atoms with Crippen LogP contribution in [0.3, 0.4) is 0 Å². The maximum atomic E-state index is 12.9. The number of furan rings is 1. The van der Waals surface area contributed by atoms with E-state index in [1.807, 2.05) is 18.2 Å². The molecule has 0 radical (unpaired) electrons. The number of para-hydroxylation sites is 1. The van der Waals surface area contributed by atoms with Gasteiger partial charge in [0.2, 0.25) is 0 Å². The highest BCUT2D eigenvalue weighted by Gasteiger charge is 2.40. The molecule has 6 heteroatoms. The lowest BCUT2D eigenvalue weighted by molar-refractivity contribution is 0.0211. The van der Waals surface area contributed by atoms with Crippen molar-refractivity contribution in [1.29, 1.82) is 0 Å². The molecule has 5 heterocycles. The third-order valence-electron chi connectivity index (χ3n) is 6.83. The van der Waals surface area contributed by atoms with Gasteiger partial charge in [-0.25, -0.2) is 0 Å². The normalized spacial score (nSPS) is 29.1. The molecule has 6 rings (SSSR count). The summed E-state index contributed by atoms with van der Waals surface area (Å²) in [7, 11) is 0. The summed E-state index contributed by atoms with van der Waals surface area (Å²) in [6.07, 6.45) is 2.34. The zero-order chi connectivity index (χ0) is 19.8. The van der Waals surface area contributed by atoms with Crippen LogP contribution in [0.4, 0.5) is 5.69 Å². The molecule has 0 saturated carbocycles. The maximum Gasteiger partial charge on any atom is 0.287 e. The van der Waals surface area contributed by atoms with Crippen molar-refractivity contribution in [3.63, 3.8) is 0 Å². The molecule has 2 unspecified atom stereocenters. The second-order valence-corrected chi connectivity index (χ2v) is 8.39. The van der Waals surface area contributed by atoms with Crippen LogP contribution in [0.5, 0.6) is 0 Å². The van der Waals surface area contributed by atoms with E-state index in [4.69, 9.17) is 9.15 Å². The predicted molar refractivity (Wildman–Crippen MR) is 112 cm³/mol. The van der Waals surface area contributed by atoms with Crippen molar-refractivity contribution in [2.24, 2.45) is 5.92 Å². The van der Waals surface area contributed by atoms with E-state index in [1.54, 1.807) is 6.07 Å². The fourth-order valence-electron chi connectivity index (χ4n) is 5.13. The van der Waals surface area contributed by atoms with Gasteiger partial charge in [0.25, 0.3) is 5.91 Å². The molecule has 4 fully saturated rings. The molecule has 2 aromatic rings. The molecule has 6 nitrogen and oxygen atoms in total. The van der Waals surface area contributed by atoms with E-state index < -0.39 is 0 Å². The SMILES string of the molecule is CC1C(NC(=O)c2ccc(-c3ccccc3N3CCOCC3)o2)C2CCN1CC2. The number of piperidine rings is 3. The third-order valence-corrected chi connectivity index (χ3v) is 6.83. The molecular formula is C23H29N3O3. The van der Waals surface area contributed by atoms with Gasteiger partial charge in [0.15, 0.2) is 5.76 Å². The van der Waals surface area contributed by atoms with Crippen molar-refractivity contribution in [3.05, 3.63) is 42.2 Å². The topological polar surface area (TPSA) is 58.0 Å². The summed E-state index contributed by atoms with van der Waals surface area (Å²) in [6.45, 7) is 7.73. The molecule has 0 spiro atoms. The molecule has 154 valence electrons. The number of anilines is 1. The number of nitrogens with zero attached hydrogens (tertiary/aromatic N) is 2. The van der Waals surface area contributed by atoms with Crippen LogP contribution in [0.1, 0.15) is 30.3 Å². The molecule has 1 aromatic heterocycles.